The number of carbonyl (C=O) groups excluding carboxylic acids is 2. The number of H-pyrrole nitrogens is 1. The topological polar surface area (TPSA) is 77.6 Å². The lowest BCUT2D eigenvalue weighted by molar-refractivity contribution is -0.162. The van der Waals surface area contributed by atoms with Crippen molar-refractivity contribution in [2.45, 2.75) is 19.8 Å². The minimum absolute atomic E-state index is 0.159. The van der Waals surface area contributed by atoms with Crippen molar-refractivity contribution in [1.29, 1.82) is 0 Å². The Morgan fingerprint density at radius 2 is 1.44 bits per heavy atom. The maximum absolute atomic E-state index is 13.1. The summed E-state index contributed by atoms with van der Waals surface area (Å²) in [5.74, 6) is -1.77. The standard InChI is InChI=1S/C28H27NO5/c1-3-32-27(30)26(28(31)33-4-2)25(23-18-29-24-16-9-8-15-22(23)24)19-11-10-14-21(17-19)34-20-12-6-5-7-13-20/h5-18,25-26,29H,3-4H2,1-2H3/t25-/m0/s1. The molecule has 1 atom stereocenters. The number of carbonyl (C=O) groups is 2. The fraction of sp³-hybridized carbons (Fsp3) is 0.214. The van der Waals surface area contributed by atoms with Gasteiger partial charge < -0.3 is 19.2 Å². The van der Waals surface area contributed by atoms with Crippen LogP contribution in [0.25, 0.3) is 10.9 Å². The summed E-state index contributed by atoms with van der Waals surface area (Å²) in [6, 6.07) is 24.6. The molecule has 0 aliphatic heterocycles. The molecule has 0 amide bonds. The minimum Gasteiger partial charge on any atom is -0.465 e. The fourth-order valence-corrected chi connectivity index (χ4v) is 4.13. The Kier molecular flexibility index (Phi) is 7.28. The minimum atomic E-state index is -1.17. The van der Waals surface area contributed by atoms with E-state index in [0.717, 1.165) is 22.0 Å². The van der Waals surface area contributed by atoms with Crippen LogP contribution in [0.2, 0.25) is 0 Å². The van der Waals surface area contributed by atoms with Crippen LogP contribution in [-0.4, -0.2) is 30.1 Å². The lowest BCUT2D eigenvalue weighted by Gasteiger charge is -2.25. The summed E-state index contributed by atoms with van der Waals surface area (Å²) in [7, 11) is 0. The van der Waals surface area contributed by atoms with Crippen LogP contribution >= 0.6 is 0 Å². The molecule has 1 N–H and O–H groups in total. The number of aromatic nitrogens is 1. The van der Waals surface area contributed by atoms with Gasteiger partial charge >= 0.3 is 11.9 Å². The van der Waals surface area contributed by atoms with Crippen LogP contribution in [0, 0.1) is 5.92 Å². The van der Waals surface area contributed by atoms with Crippen LogP contribution < -0.4 is 4.74 Å². The number of hydrogen-bond donors (Lipinski definition) is 1. The van der Waals surface area contributed by atoms with Gasteiger partial charge in [-0.25, -0.2) is 0 Å². The first kappa shape index (κ1) is 23.1. The molecule has 0 fully saturated rings. The van der Waals surface area contributed by atoms with Crippen LogP contribution in [0.4, 0.5) is 0 Å². The first-order valence-electron chi connectivity index (χ1n) is 11.3. The summed E-state index contributed by atoms with van der Waals surface area (Å²) in [4.78, 5) is 29.5. The molecule has 3 aromatic carbocycles. The normalized spacial score (nSPS) is 11.9. The molecule has 4 aromatic rings. The molecule has 0 unspecified atom stereocenters. The maximum Gasteiger partial charge on any atom is 0.321 e. The quantitative estimate of drug-likeness (QED) is 0.253. The van der Waals surface area contributed by atoms with E-state index >= 15 is 0 Å². The second kappa shape index (κ2) is 10.7. The SMILES string of the molecule is CCOC(=O)C(C(=O)OCC)[C@@H](c1cccc(Oc2ccccc2)c1)c1c[nH]c2ccccc12. The van der Waals surface area contributed by atoms with E-state index in [4.69, 9.17) is 14.2 Å². The van der Waals surface area contributed by atoms with Crippen LogP contribution in [0.15, 0.2) is 85.1 Å². The molecule has 0 bridgehead atoms. The number of nitrogens with one attached hydrogen (secondary N) is 1. The summed E-state index contributed by atoms with van der Waals surface area (Å²) in [6.07, 6.45) is 1.84. The van der Waals surface area contributed by atoms with E-state index in [1.165, 1.54) is 0 Å². The van der Waals surface area contributed by atoms with Crippen molar-refractivity contribution in [2.24, 2.45) is 5.92 Å². The van der Waals surface area contributed by atoms with Gasteiger partial charge in [-0.2, -0.15) is 0 Å². The van der Waals surface area contributed by atoms with Crippen LogP contribution in [0.1, 0.15) is 30.9 Å². The molecule has 0 aliphatic carbocycles. The molecule has 0 aliphatic rings. The zero-order valence-corrected chi connectivity index (χ0v) is 19.2. The number of aromatic amines is 1. The molecule has 1 aromatic heterocycles. The third kappa shape index (κ3) is 4.96. The smallest absolute Gasteiger partial charge is 0.321 e. The first-order valence-corrected chi connectivity index (χ1v) is 11.3. The molecule has 6 nitrogen and oxygen atoms in total. The number of rotatable bonds is 9. The monoisotopic (exact) mass is 457 g/mol. The van der Waals surface area contributed by atoms with Crippen molar-refractivity contribution in [2.75, 3.05) is 13.2 Å². The van der Waals surface area contributed by atoms with E-state index in [-0.39, 0.29) is 13.2 Å². The van der Waals surface area contributed by atoms with Crippen molar-refractivity contribution in [1.82, 2.24) is 4.98 Å². The first-order chi connectivity index (χ1) is 16.6. The van der Waals surface area contributed by atoms with E-state index in [1.807, 2.05) is 85.1 Å². The number of hydrogen-bond acceptors (Lipinski definition) is 5. The lowest BCUT2D eigenvalue weighted by atomic mass is 9.80. The molecule has 6 heteroatoms. The highest BCUT2D eigenvalue weighted by Crippen LogP contribution is 2.39. The molecule has 0 spiro atoms. The number of fused-ring (bicyclic) bond motifs is 1. The van der Waals surface area contributed by atoms with Crippen molar-refractivity contribution in [3.63, 3.8) is 0 Å². The molecule has 1 heterocycles. The van der Waals surface area contributed by atoms with Gasteiger partial charge in [-0.05, 0) is 55.3 Å². The van der Waals surface area contributed by atoms with Crippen molar-refractivity contribution < 1.29 is 23.8 Å². The second-order valence-electron chi connectivity index (χ2n) is 7.74. The molecule has 0 saturated carbocycles. The third-order valence-electron chi connectivity index (χ3n) is 5.57. The average molecular weight is 458 g/mol. The van der Waals surface area contributed by atoms with E-state index in [9.17, 15) is 9.59 Å². The van der Waals surface area contributed by atoms with Gasteiger partial charge in [0.2, 0.25) is 0 Å². The van der Waals surface area contributed by atoms with E-state index in [0.29, 0.717) is 11.5 Å². The molecule has 0 radical (unpaired) electrons. The van der Waals surface area contributed by atoms with Gasteiger partial charge in [0.25, 0.3) is 0 Å². The Labute approximate surface area is 198 Å². The van der Waals surface area contributed by atoms with Crippen LogP contribution in [0.5, 0.6) is 11.5 Å². The van der Waals surface area contributed by atoms with Crippen LogP contribution in [0.3, 0.4) is 0 Å². The molecular formula is C28H27NO5. The van der Waals surface area contributed by atoms with Gasteiger partial charge in [-0.3, -0.25) is 9.59 Å². The Bertz CT molecular complexity index is 1250. The van der Waals surface area contributed by atoms with Crippen molar-refractivity contribution in [3.05, 3.63) is 96.2 Å². The summed E-state index contributed by atoms with van der Waals surface area (Å²) < 4.78 is 16.7. The van der Waals surface area contributed by atoms with Gasteiger partial charge in [0.15, 0.2) is 5.92 Å². The number of para-hydroxylation sites is 2. The highest BCUT2D eigenvalue weighted by molar-refractivity contribution is 5.98. The van der Waals surface area contributed by atoms with Crippen molar-refractivity contribution in [3.8, 4) is 11.5 Å². The number of ether oxygens (including phenoxy) is 3. The Morgan fingerprint density at radius 1 is 0.794 bits per heavy atom. The highest BCUT2D eigenvalue weighted by Gasteiger charge is 2.40. The van der Waals surface area contributed by atoms with Gasteiger partial charge in [0.1, 0.15) is 11.5 Å². The fourth-order valence-electron chi connectivity index (χ4n) is 4.13. The third-order valence-corrected chi connectivity index (χ3v) is 5.57. The predicted molar refractivity (Wildman–Crippen MR) is 130 cm³/mol. The van der Waals surface area contributed by atoms with E-state index < -0.39 is 23.8 Å². The molecular weight excluding hydrogens is 430 g/mol. The Morgan fingerprint density at radius 3 is 2.15 bits per heavy atom. The van der Waals surface area contributed by atoms with Crippen LogP contribution in [-0.2, 0) is 19.1 Å². The summed E-state index contributed by atoms with van der Waals surface area (Å²) in [5.41, 5.74) is 2.45. The van der Waals surface area contributed by atoms with E-state index in [2.05, 4.69) is 4.98 Å². The summed E-state index contributed by atoms with van der Waals surface area (Å²) >= 11 is 0. The lowest BCUT2D eigenvalue weighted by Crippen LogP contribution is -2.34. The van der Waals surface area contributed by atoms with Gasteiger partial charge in [0, 0.05) is 23.0 Å². The summed E-state index contributed by atoms with van der Waals surface area (Å²) in [6.45, 7) is 3.75. The second-order valence-corrected chi connectivity index (χ2v) is 7.74. The average Bonchev–Trinajstić information content (AvgIpc) is 3.27. The highest BCUT2D eigenvalue weighted by atomic mass is 16.6. The number of esters is 2. The zero-order valence-electron chi connectivity index (χ0n) is 19.2. The molecule has 4 rings (SSSR count). The van der Waals surface area contributed by atoms with Crippen molar-refractivity contribution >= 4 is 22.8 Å². The molecule has 34 heavy (non-hydrogen) atoms. The predicted octanol–water partition coefficient (Wildman–Crippen LogP) is 5.83. The molecule has 174 valence electrons. The van der Waals surface area contributed by atoms with Gasteiger partial charge in [-0.15, -0.1) is 0 Å². The Hall–Kier alpha value is -4.06. The van der Waals surface area contributed by atoms with Gasteiger partial charge in [-0.1, -0.05) is 48.5 Å². The molecule has 0 saturated heterocycles. The zero-order chi connectivity index (χ0) is 23.9. The largest absolute Gasteiger partial charge is 0.465 e. The van der Waals surface area contributed by atoms with Gasteiger partial charge in [0.05, 0.1) is 13.2 Å². The Balaban J connectivity index is 1.84. The number of benzene rings is 3. The maximum atomic E-state index is 13.1. The summed E-state index contributed by atoms with van der Waals surface area (Å²) in [5, 5.41) is 0.917. The van der Waals surface area contributed by atoms with E-state index in [1.54, 1.807) is 13.8 Å².